The van der Waals surface area contributed by atoms with Crippen molar-refractivity contribution in [3.05, 3.63) is 29.2 Å². The van der Waals surface area contributed by atoms with Gasteiger partial charge in [0.1, 0.15) is 0 Å². The fourth-order valence-corrected chi connectivity index (χ4v) is 2.53. The summed E-state index contributed by atoms with van der Waals surface area (Å²) in [5.41, 5.74) is 4.15. The van der Waals surface area contributed by atoms with Gasteiger partial charge >= 0.3 is 5.97 Å². The average Bonchev–Trinajstić information content (AvgIpc) is 3.13. The first-order valence-electron chi connectivity index (χ1n) is 7.53. The number of esters is 1. The number of fused-ring (bicyclic) bond motifs is 1. The molecule has 21 heavy (non-hydrogen) atoms. The molecule has 1 aliphatic carbocycles. The van der Waals surface area contributed by atoms with E-state index in [2.05, 4.69) is 17.0 Å². The molecule has 1 aliphatic rings. The highest BCUT2D eigenvalue weighted by molar-refractivity contribution is 5.75. The summed E-state index contributed by atoms with van der Waals surface area (Å²) in [5, 5.41) is 4.44. The Hall–Kier alpha value is -1.91. The van der Waals surface area contributed by atoms with Crippen molar-refractivity contribution in [2.24, 2.45) is 11.8 Å². The molecule has 0 unspecified atom stereocenters. The van der Waals surface area contributed by atoms with Crippen LogP contribution in [0.4, 0.5) is 0 Å². The lowest BCUT2D eigenvalue weighted by atomic mass is 10.2. The molecule has 0 aliphatic heterocycles. The van der Waals surface area contributed by atoms with Gasteiger partial charge in [0, 0.05) is 18.0 Å². The van der Waals surface area contributed by atoms with Crippen LogP contribution < -0.4 is 0 Å². The maximum atomic E-state index is 11.6. The van der Waals surface area contributed by atoms with Crippen LogP contribution in [0, 0.1) is 25.7 Å². The van der Waals surface area contributed by atoms with E-state index in [-0.39, 0.29) is 11.9 Å². The third-order valence-corrected chi connectivity index (χ3v) is 4.26. The van der Waals surface area contributed by atoms with Gasteiger partial charge in [-0.25, -0.2) is 9.50 Å². The van der Waals surface area contributed by atoms with Gasteiger partial charge < -0.3 is 4.74 Å². The number of hydrogen-bond donors (Lipinski definition) is 0. The van der Waals surface area contributed by atoms with E-state index < -0.39 is 0 Å². The van der Waals surface area contributed by atoms with E-state index in [1.54, 1.807) is 0 Å². The second kappa shape index (κ2) is 5.47. The van der Waals surface area contributed by atoms with Crippen LogP contribution >= 0.6 is 0 Å². The molecule has 2 atom stereocenters. The Bertz CT molecular complexity index is 677. The van der Waals surface area contributed by atoms with Gasteiger partial charge in [-0.15, -0.1) is 0 Å². The Morgan fingerprint density at radius 3 is 2.95 bits per heavy atom. The largest absolute Gasteiger partial charge is 0.465 e. The fraction of sp³-hybridized carbons (Fsp3) is 0.562. The van der Waals surface area contributed by atoms with Gasteiger partial charge in [0.25, 0.3) is 0 Å². The lowest BCUT2D eigenvalue weighted by Gasteiger charge is -2.04. The van der Waals surface area contributed by atoms with Crippen LogP contribution in [-0.4, -0.2) is 27.2 Å². The molecule has 0 radical (unpaired) electrons. The molecule has 5 heteroatoms. The third-order valence-electron chi connectivity index (χ3n) is 4.26. The van der Waals surface area contributed by atoms with Crippen LogP contribution in [0.5, 0.6) is 0 Å². The van der Waals surface area contributed by atoms with E-state index in [9.17, 15) is 4.79 Å². The van der Waals surface area contributed by atoms with E-state index in [1.165, 1.54) is 0 Å². The van der Waals surface area contributed by atoms with Crippen LogP contribution in [0.1, 0.15) is 36.6 Å². The van der Waals surface area contributed by atoms with E-state index in [0.29, 0.717) is 12.5 Å². The normalized spacial score (nSPS) is 20.7. The summed E-state index contributed by atoms with van der Waals surface area (Å²) < 4.78 is 7.12. The summed E-state index contributed by atoms with van der Waals surface area (Å²) in [5.74, 6) is 0.628. The zero-order chi connectivity index (χ0) is 15.0. The standard InChI is InChI=1S/C16H21N3O2/c1-10-7-14(10)16(20)21-6-4-5-13-8-17-15-11(2)12(3)18-19(15)9-13/h8-10,14H,4-7H2,1-3H3/t10-,14+/m1/s1. The van der Waals surface area contributed by atoms with Gasteiger partial charge in [-0.3, -0.25) is 4.79 Å². The molecular weight excluding hydrogens is 266 g/mol. The van der Waals surface area contributed by atoms with E-state index >= 15 is 0 Å². The van der Waals surface area contributed by atoms with Crippen molar-refractivity contribution in [3.8, 4) is 0 Å². The second-order valence-corrected chi connectivity index (χ2v) is 6.03. The molecule has 2 heterocycles. The average molecular weight is 287 g/mol. The predicted molar refractivity (Wildman–Crippen MR) is 79.0 cm³/mol. The molecule has 112 valence electrons. The topological polar surface area (TPSA) is 56.5 Å². The zero-order valence-corrected chi connectivity index (χ0v) is 12.8. The molecule has 2 aromatic heterocycles. The Balaban J connectivity index is 1.52. The zero-order valence-electron chi connectivity index (χ0n) is 12.8. The summed E-state index contributed by atoms with van der Waals surface area (Å²) in [4.78, 5) is 16.0. The summed E-state index contributed by atoms with van der Waals surface area (Å²) in [6.45, 7) is 6.59. The minimum atomic E-state index is -0.0330. The number of nitrogens with zero attached hydrogens (tertiary/aromatic N) is 3. The highest BCUT2D eigenvalue weighted by Crippen LogP contribution is 2.38. The predicted octanol–water partition coefficient (Wildman–Crippen LogP) is 2.48. The number of carbonyl (C=O) groups is 1. The molecule has 1 fully saturated rings. The van der Waals surface area contributed by atoms with Crippen LogP contribution in [0.2, 0.25) is 0 Å². The Morgan fingerprint density at radius 2 is 2.24 bits per heavy atom. The van der Waals surface area contributed by atoms with E-state index in [0.717, 1.165) is 41.7 Å². The van der Waals surface area contributed by atoms with Gasteiger partial charge in [-0.05, 0) is 44.6 Å². The van der Waals surface area contributed by atoms with E-state index in [4.69, 9.17) is 4.74 Å². The van der Waals surface area contributed by atoms with Gasteiger partial charge in [0.05, 0.1) is 18.2 Å². The molecular formula is C16H21N3O2. The molecule has 0 spiro atoms. The quantitative estimate of drug-likeness (QED) is 0.626. The van der Waals surface area contributed by atoms with Crippen molar-refractivity contribution in [1.82, 2.24) is 14.6 Å². The fourth-order valence-electron chi connectivity index (χ4n) is 2.53. The van der Waals surface area contributed by atoms with Crippen molar-refractivity contribution in [2.75, 3.05) is 6.61 Å². The first-order chi connectivity index (χ1) is 10.1. The van der Waals surface area contributed by atoms with Crippen LogP contribution in [0.3, 0.4) is 0 Å². The molecule has 3 rings (SSSR count). The van der Waals surface area contributed by atoms with Gasteiger partial charge in [0.15, 0.2) is 5.65 Å². The number of rotatable bonds is 5. The Morgan fingerprint density at radius 1 is 1.48 bits per heavy atom. The summed E-state index contributed by atoms with van der Waals surface area (Å²) in [6, 6.07) is 0. The lowest BCUT2D eigenvalue weighted by Crippen LogP contribution is -2.09. The first-order valence-corrected chi connectivity index (χ1v) is 7.53. The van der Waals surface area contributed by atoms with Crippen molar-refractivity contribution in [2.45, 2.75) is 40.0 Å². The monoisotopic (exact) mass is 287 g/mol. The SMILES string of the molecule is Cc1nn2cc(CCCOC(=O)[C@H]3C[C@H]3C)cnc2c1C. The minimum absolute atomic E-state index is 0.0330. The van der Waals surface area contributed by atoms with Crippen molar-refractivity contribution in [3.63, 3.8) is 0 Å². The van der Waals surface area contributed by atoms with Gasteiger partial charge in [-0.1, -0.05) is 6.92 Å². The van der Waals surface area contributed by atoms with Crippen LogP contribution in [0.15, 0.2) is 12.4 Å². The molecule has 0 amide bonds. The number of hydrogen-bond acceptors (Lipinski definition) is 4. The van der Waals surface area contributed by atoms with Crippen LogP contribution in [0.25, 0.3) is 5.65 Å². The number of ether oxygens (including phenoxy) is 1. The minimum Gasteiger partial charge on any atom is -0.465 e. The molecule has 0 aromatic carbocycles. The number of aromatic nitrogens is 3. The number of carbonyl (C=O) groups excluding carboxylic acids is 1. The lowest BCUT2D eigenvalue weighted by molar-refractivity contribution is -0.145. The smallest absolute Gasteiger partial charge is 0.309 e. The Kier molecular flexibility index (Phi) is 3.66. The van der Waals surface area contributed by atoms with E-state index in [1.807, 2.05) is 30.8 Å². The summed E-state index contributed by atoms with van der Waals surface area (Å²) >= 11 is 0. The molecule has 0 bridgehead atoms. The molecule has 0 saturated heterocycles. The highest BCUT2D eigenvalue weighted by atomic mass is 16.5. The Labute approximate surface area is 124 Å². The molecule has 2 aromatic rings. The molecule has 1 saturated carbocycles. The molecule has 5 nitrogen and oxygen atoms in total. The maximum absolute atomic E-state index is 11.6. The summed E-state index contributed by atoms with van der Waals surface area (Å²) in [6.07, 6.45) is 6.53. The third kappa shape index (κ3) is 2.91. The van der Waals surface area contributed by atoms with Gasteiger partial charge in [0.2, 0.25) is 0 Å². The summed E-state index contributed by atoms with van der Waals surface area (Å²) in [7, 11) is 0. The van der Waals surface area contributed by atoms with Crippen molar-refractivity contribution in [1.29, 1.82) is 0 Å². The van der Waals surface area contributed by atoms with Crippen molar-refractivity contribution >= 4 is 11.6 Å². The second-order valence-electron chi connectivity index (χ2n) is 6.03. The number of aryl methyl sites for hydroxylation is 3. The maximum Gasteiger partial charge on any atom is 0.309 e. The highest BCUT2D eigenvalue weighted by Gasteiger charge is 2.40. The first kappa shape index (κ1) is 14.0. The van der Waals surface area contributed by atoms with Crippen molar-refractivity contribution < 1.29 is 9.53 Å². The van der Waals surface area contributed by atoms with Crippen LogP contribution in [-0.2, 0) is 16.0 Å². The van der Waals surface area contributed by atoms with Gasteiger partial charge in [-0.2, -0.15) is 5.10 Å². The molecule has 0 N–H and O–H groups in total.